The van der Waals surface area contributed by atoms with Crippen molar-refractivity contribution in [2.45, 2.75) is 6.55 Å². The summed E-state index contributed by atoms with van der Waals surface area (Å²) in [4.78, 5) is 10.8. The quantitative estimate of drug-likeness (QED) is 0.700. The molecule has 0 atom stereocenters. The number of alkyl halides is 2. The summed E-state index contributed by atoms with van der Waals surface area (Å²) in [7, 11) is 0. The van der Waals surface area contributed by atoms with Gasteiger partial charge in [0.05, 0.1) is 9.58 Å². The molecule has 0 saturated carbocycles. The van der Waals surface area contributed by atoms with Crippen LogP contribution in [0.4, 0.5) is 8.78 Å². The van der Waals surface area contributed by atoms with Gasteiger partial charge in [-0.15, -0.1) is 11.3 Å². The van der Waals surface area contributed by atoms with Crippen molar-refractivity contribution in [1.29, 1.82) is 0 Å². The van der Waals surface area contributed by atoms with Crippen molar-refractivity contribution in [3.05, 3.63) is 17.1 Å². The Morgan fingerprint density at radius 3 is 2.92 bits per heavy atom. The van der Waals surface area contributed by atoms with Crippen molar-refractivity contribution < 1.29 is 13.6 Å². The molecule has 0 saturated heterocycles. The van der Waals surface area contributed by atoms with Crippen LogP contribution >= 0.6 is 11.3 Å². The monoisotopic (exact) mass is 202 g/mol. The first-order chi connectivity index (χ1) is 6.20. The number of fused-ring (bicyclic) bond motifs is 1. The Kier molecular flexibility index (Phi) is 1.84. The highest BCUT2D eigenvalue weighted by molar-refractivity contribution is 7.20. The van der Waals surface area contributed by atoms with Gasteiger partial charge in [-0.3, -0.25) is 4.79 Å². The van der Waals surface area contributed by atoms with Gasteiger partial charge in [-0.25, -0.2) is 4.68 Å². The number of nitrogens with zero attached hydrogens (tertiary/aromatic N) is 2. The van der Waals surface area contributed by atoms with Gasteiger partial charge in [-0.1, -0.05) is 0 Å². The zero-order chi connectivity index (χ0) is 9.42. The van der Waals surface area contributed by atoms with E-state index >= 15 is 0 Å². The van der Waals surface area contributed by atoms with Crippen molar-refractivity contribution in [3.63, 3.8) is 0 Å². The minimum absolute atomic E-state index is 0.437. The summed E-state index contributed by atoms with van der Waals surface area (Å²) in [6, 6.07) is 1.49. The molecule has 68 valence electrons. The fourth-order valence-corrected chi connectivity index (χ4v) is 1.85. The van der Waals surface area contributed by atoms with Crippen LogP contribution in [-0.4, -0.2) is 16.1 Å². The fourth-order valence-electron chi connectivity index (χ4n) is 1.02. The smallest absolute Gasteiger partial charge is 0.297 e. The Balaban J connectivity index is 2.54. The zero-order valence-corrected chi connectivity index (χ0v) is 7.09. The molecule has 2 rings (SSSR count). The molecule has 0 spiro atoms. The van der Waals surface area contributed by atoms with Crippen molar-refractivity contribution >= 4 is 27.8 Å². The molecule has 2 heterocycles. The molecule has 0 bridgehead atoms. The van der Waals surface area contributed by atoms with E-state index < -0.39 is 6.55 Å². The molecule has 2 aromatic rings. The third kappa shape index (κ3) is 1.33. The third-order valence-electron chi connectivity index (χ3n) is 1.55. The van der Waals surface area contributed by atoms with Gasteiger partial charge < -0.3 is 0 Å². The summed E-state index contributed by atoms with van der Waals surface area (Å²) in [5.41, 5.74) is 0.437. The molecule has 0 aliphatic carbocycles. The summed E-state index contributed by atoms with van der Waals surface area (Å²) in [5, 5.41) is 3.60. The van der Waals surface area contributed by atoms with Crippen LogP contribution in [0.15, 0.2) is 12.3 Å². The maximum absolute atomic E-state index is 12.1. The maximum Gasteiger partial charge on any atom is 0.333 e. The van der Waals surface area contributed by atoms with Crippen molar-refractivity contribution in [2.24, 2.45) is 0 Å². The first-order valence-electron chi connectivity index (χ1n) is 3.43. The highest BCUT2D eigenvalue weighted by Gasteiger charge is 2.10. The van der Waals surface area contributed by atoms with Gasteiger partial charge in [0.2, 0.25) is 0 Å². The highest BCUT2D eigenvalue weighted by Crippen LogP contribution is 2.24. The van der Waals surface area contributed by atoms with E-state index in [9.17, 15) is 13.6 Å². The van der Waals surface area contributed by atoms with Crippen molar-refractivity contribution in [2.75, 3.05) is 0 Å². The van der Waals surface area contributed by atoms with Crippen LogP contribution in [0.5, 0.6) is 0 Å². The number of thiophene rings is 1. The van der Waals surface area contributed by atoms with Gasteiger partial charge in [-0.2, -0.15) is 13.9 Å². The fraction of sp³-hybridized carbons (Fsp3) is 0.143. The van der Waals surface area contributed by atoms with Crippen LogP contribution in [-0.2, 0) is 0 Å². The van der Waals surface area contributed by atoms with Crippen LogP contribution in [0.3, 0.4) is 0 Å². The number of carbonyl (C=O) groups is 1. The summed E-state index contributed by atoms with van der Waals surface area (Å²) in [6.45, 7) is -2.63. The molecule has 0 aliphatic rings. The standard InChI is InChI=1S/C7H4F2N2OS/c8-7(9)11-2-6-5(10-11)1-4(3-12)13-6/h1-3,7H. The minimum Gasteiger partial charge on any atom is -0.297 e. The van der Waals surface area contributed by atoms with E-state index in [0.717, 1.165) is 11.3 Å². The van der Waals surface area contributed by atoms with Gasteiger partial charge in [-0.05, 0) is 6.07 Å². The number of hydrogen-bond donors (Lipinski definition) is 0. The molecule has 2 aromatic heterocycles. The van der Waals surface area contributed by atoms with E-state index in [1.54, 1.807) is 0 Å². The van der Waals surface area contributed by atoms with Crippen molar-refractivity contribution in [1.82, 2.24) is 9.78 Å². The number of carbonyl (C=O) groups excluding carboxylic acids is 1. The summed E-state index contributed by atoms with van der Waals surface area (Å²) in [6.07, 6.45) is 1.91. The predicted molar refractivity (Wildman–Crippen MR) is 44.3 cm³/mol. The van der Waals surface area contributed by atoms with Crippen molar-refractivity contribution in [3.8, 4) is 0 Å². The second-order valence-corrected chi connectivity index (χ2v) is 3.52. The molecular weight excluding hydrogens is 198 g/mol. The molecule has 0 radical (unpaired) electrons. The van der Waals surface area contributed by atoms with Crippen LogP contribution in [0.1, 0.15) is 16.2 Å². The molecule has 0 aromatic carbocycles. The van der Waals surface area contributed by atoms with E-state index in [4.69, 9.17) is 0 Å². The van der Waals surface area contributed by atoms with Gasteiger partial charge in [0, 0.05) is 6.20 Å². The second-order valence-electron chi connectivity index (χ2n) is 2.40. The van der Waals surface area contributed by atoms with Gasteiger partial charge >= 0.3 is 6.55 Å². The Labute approximate surface area is 75.6 Å². The first kappa shape index (κ1) is 8.31. The van der Waals surface area contributed by atoms with Gasteiger partial charge in [0.15, 0.2) is 6.29 Å². The highest BCUT2D eigenvalue weighted by atomic mass is 32.1. The van der Waals surface area contributed by atoms with Crippen LogP contribution < -0.4 is 0 Å². The zero-order valence-electron chi connectivity index (χ0n) is 6.28. The lowest BCUT2D eigenvalue weighted by Gasteiger charge is -1.94. The Hall–Kier alpha value is -1.30. The maximum atomic E-state index is 12.1. The molecule has 0 fully saturated rings. The summed E-state index contributed by atoms with van der Waals surface area (Å²) >= 11 is 1.15. The van der Waals surface area contributed by atoms with E-state index in [1.165, 1.54) is 12.3 Å². The lowest BCUT2D eigenvalue weighted by Crippen LogP contribution is -1.97. The van der Waals surface area contributed by atoms with Crippen LogP contribution in [0.25, 0.3) is 10.2 Å². The lowest BCUT2D eigenvalue weighted by atomic mass is 10.4. The van der Waals surface area contributed by atoms with E-state index in [2.05, 4.69) is 5.10 Å². The van der Waals surface area contributed by atoms with Crippen LogP contribution in [0.2, 0.25) is 0 Å². The normalized spacial score (nSPS) is 11.3. The summed E-state index contributed by atoms with van der Waals surface area (Å²) < 4.78 is 25.4. The molecule has 0 aliphatic heterocycles. The number of aromatic nitrogens is 2. The Bertz CT molecular complexity index is 417. The molecule has 0 amide bonds. The molecule has 0 N–H and O–H groups in total. The first-order valence-corrected chi connectivity index (χ1v) is 4.24. The molecule has 6 heteroatoms. The number of hydrogen-bond acceptors (Lipinski definition) is 3. The summed E-state index contributed by atoms with van der Waals surface area (Å²) in [5.74, 6) is 0. The van der Waals surface area contributed by atoms with E-state index in [1.807, 2.05) is 0 Å². The van der Waals surface area contributed by atoms with E-state index in [-0.39, 0.29) is 0 Å². The number of rotatable bonds is 2. The lowest BCUT2D eigenvalue weighted by molar-refractivity contribution is 0.0574. The predicted octanol–water partition coefficient (Wildman–Crippen LogP) is 2.31. The molecule has 13 heavy (non-hydrogen) atoms. The average Bonchev–Trinajstić information content (AvgIpc) is 2.58. The topological polar surface area (TPSA) is 34.9 Å². The average molecular weight is 202 g/mol. The van der Waals surface area contributed by atoms with Gasteiger partial charge in [0.1, 0.15) is 5.52 Å². The molecule has 0 unspecified atom stereocenters. The SMILES string of the molecule is O=Cc1cc2nn(C(F)F)cc2s1. The largest absolute Gasteiger partial charge is 0.333 e. The van der Waals surface area contributed by atoms with E-state index in [0.29, 0.717) is 26.1 Å². The minimum atomic E-state index is -2.63. The second kappa shape index (κ2) is 2.88. The third-order valence-corrected chi connectivity index (χ3v) is 2.53. The molecule has 3 nitrogen and oxygen atoms in total. The van der Waals surface area contributed by atoms with Crippen LogP contribution in [0, 0.1) is 0 Å². The number of halogens is 2. The molecular formula is C7H4F2N2OS. The Morgan fingerprint density at radius 1 is 1.62 bits per heavy atom. The van der Waals surface area contributed by atoms with Gasteiger partial charge in [0.25, 0.3) is 0 Å². The Morgan fingerprint density at radius 2 is 2.38 bits per heavy atom. The number of aldehydes is 1.